The van der Waals surface area contributed by atoms with Crippen LogP contribution < -0.4 is 0 Å². The van der Waals surface area contributed by atoms with Crippen molar-refractivity contribution in [3.8, 4) is 0 Å². The Bertz CT molecular complexity index is 753. The lowest BCUT2D eigenvalue weighted by atomic mass is 9.45. The highest BCUT2D eigenvalue weighted by Crippen LogP contribution is 2.68. The number of hydrogen-bond donors (Lipinski definition) is 2. The van der Waals surface area contributed by atoms with Gasteiger partial charge in [0.15, 0.2) is 5.78 Å². The van der Waals surface area contributed by atoms with Gasteiger partial charge in [-0.1, -0.05) is 52.8 Å². The second-order valence-corrected chi connectivity index (χ2v) is 12.2. The number of carbonyl (C=O) groups excluding carboxylic acids is 1. The van der Waals surface area contributed by atoms with Crippen LogP contribution in [-0.4, -0.2) is 28.2 Å². The third kappa shape index (κ3) is 3.50. The molecule has 0 amide bonds. The molecule has 2 N–H and O–H groups in total. The van der Waals surface area contributed by atoms with E-state index in [9.17, 15) is 15.0 Å². The summed E-state index contributed by atoms with van der Waals surface area (Å²) >= 11 is 0. The van der Waals surface area contributed by atoms with E-state index >= 15 is 0 Å². The Kier molecular flexibility index (Phi) is 6.10. The highest BCUT2D eigenvalue weighted by molar-refractivity contribution is 5.91. The van der Waals surface area contributed by atoms with Gasteiger partial charge in [-0.25, -0.2) is 0 Å². The van der Waals surface area contributed by atoms with Crippen LogP contribution in [0.15, 0.2) is 24.3 Å². The smallest absolute Gasteiger partial charge is 0.155 e. The zero-order chi connectivity index (χ0) is 22.6. The third-order valence-electron chi connectivity index (χ3n) is 10.8. The lowest BCUT2D eigenvalue weighted by Crippen LogP contribution is -2.58. The van der Waals surface area contributed by atoms with Gasteiger partial charge in [-0.15, -0.1) is 0 Å². The Morgan fingerprint density at radius 2 is 1.77 bits per heavy atom. The summed E-state index contributed by atoms with van der Waals surface area (Å²) in [5.41, 5.74) is -0.854. The molecule has 0 unspecified atom stereocenters. The van der Waals surface area contributed by atoms with E-state index in [1.165, 1.54) is 6.42 Å². The van der Waals surface area contributed by atoms with Crippen molar-refractivity contribution in [3.63, 3.8) is 0 Å². The van der Waals surface area contributed by atoms with E-state index in [0.717, 1.165) is 32.1 Å². The van der Waals surface area contributed by atoms with Crippen LogP contribution in [0, 0.1) is 52.3 Å². The Labute approximate surface area is 189 Å². The summed E-state index contributed by atoms with van der Waals surface area (Å²) in [5.74, 6) is 3.31. The quantitative estimate of drug-likeness (QED) is 0.564. The number of fused-ring (bicyclic) bond motifs is 5. The molecule has 9 atom stereocenters. The molecule has 3 heteroatoms. The highest BCUT2D eigenvalue weighted by Gasteiger charge is 2.65. The Morgan fingerprint density at radius 1 is 1.06 bits per heavy atom. The first-order valence-corrected chi connectivity index (χ1v) is 12.8. The number of ketones is 1. The van der Waals surface area contributed by atoms with Crippen LogP contribution in [0.2, 0.25) is 0 Å². The average molecular weight is 429 g/mol. The topological polar surface area (TPSA) is 57.5 Å². The van der Waals surface area contributed by atoms with Crippen LogP contribution in [0.1, 0.15) is 79.6 Å². The fraction of sp³-hybridized carbons (Fsp3) is 0.821. The molecule has 3 saturated carbocycles. The van der Waals surface area contributed by atoms with Crippen LogP contribution in [0.5, 0.6) is 0 Å². The Balaban J connectivity index is 1.60. The van der Waals surface area contributed by atoms with Crippen molar-refractivity contribution in [1.82, 2.24) is 0 Å². The highest BCUT2D eigenvalue weighted by atomic mass is 16.3. The molecule has 3 nitrogen and oxygen atoms in total. The third-order valence-corrected chi connectivity index (χ3v) is 10.8. The first-order chi connectivity index (χ1) is 14.6. The zero-order valence-electron chi connectivity index (χ0n) is 20.3. The zero-order valence-corrected chi connectivity index (χ0v) is 20.3. The van der Waals surface area contributed by atoms with Crippen LogP contribution in [0.4, 0.5) is 0 Å². The number of hydrogen-bond acceptors (Lipinski definition) is 3. The van der Waals surface area contributed by atoms with Crippen molar-refractivity contribution >= 4 is 5.78 Å². The van der Waals surface area contributed by atoms with Gasteiger partial charge in [0.05, 0.1) is 12.2 Å². The van der Waals surface area contributed by atoms with E-state index in [1.807, 2.05) is 6.08 Å². The Hall–Kier alpha value is -0.930. The van der Waals surface area contributed by atoms with E-state index in [4.69, 9.17) is 0 Å². The predicted molar refractivity (Wildman–Crippen MR) is 125 cm³/mol. The summed E-state index contributed by atoms with van der Waals surface area (Å²) < 4.78 is 0. The monoisotopic (exact) mass is 428 g/mol. The maximum absolute atomic E-state index is 12.1. The van der Waals surface area contributed by atoms with Crippen molar-refractivity contribution in [2.75, 3.05) is 6.61 Å². The molecule has 0 radical (unpaired) electrons. The molecule has 4 rings (SSSR count). The van der Waals surface area contributed by atoms with Crippen LogP contribution in [0.25, 0.3) is 0 Å². The maximum atomic E-state index is 12.1. The van der Waals surface area contributed by atoms with E-state index in [1.54, 1.807) is 0 Å². The van der Waals surface area contributed by atoms with E-state index in [-0.39, 0.29) is 23.4 Å². The van der Waals surface area contributed by atoms with Gasteiger partial charge in [-0.3, -0.25) is 4.79 Å². The lowest BCUT2D eigenvalue weighted by Gasteiger charge is -2.60. The number of aliphatic hydroxyl groups excluding tert-OH is 1. The lowest BCUT2D eigenvalue weighted by molar-refractivity contribution is -0.159. The molecular formula is C28H44O3. The fourth-order valence-corrected chi connectivity index (χ4v) is 8.20. The van der Waals surface area contributed by atoms with Crippen LogP contribution in [-0.2, 0) is 4.79 Å². The molecule has 0 heterocycles. The van der Waals surface area contributed by atoms with Crippen molar-refractivity contribution in [2.45, 2.75) is 85.2 Å². The molecule has 0 aromatic carbocycles. The standard InChI is InChI=1S/C28H44O3/c1-18(2)19(3)6-7-21(17-29)28(31)15-12-25-23-9-8-20-16-22(30)10-13-26(20,4)24(23)11-14-27(25,28)5/h6-7,10,13,18-21,23-25,29,31H,8-9,11-12,14-17H2,1-5H3/t19-,20-,21-,23+,24-,25-,26-,27-,28-/m0/s1. The SMILES string of the molecule is CC(C)[C@@H](C)C=C[C@@H](CO)[C@@]1(O)CC[C@H]2[C@@H]3CC[C@H]4CC(=O)C=C[C@]4(C)[C@H]3CC[C@@]21C. The molecule has 0 spiro atoms. The van der Waals surface area contributed by atoms with Gasteiger partial charge in [0.2, 0.25) is 0 Å². The molecule has 0 aromatic heterocycles. The molecule has 174 valence electrons. The minimum atomic E-state index is -0.833. The van der Waals surface area contributed by atoms with E-state index < -0.39 is 5.60 Å². The Morgan fingerprint density at radius 3 is 2.45 bits per heavy atom. The van der Waals surface area contributed by atoms with Gasteiger partial charge in [-0.05, 0) is 85.5 Å². The molecule has 0 aliphatic heterocycles. The van der Waals surface area contributed by atoms with Gasteiger partial charge in [0, 0.05) is 17.8 Å². The largest absolute Gasteiger partial charge is 0.396 e. The first kappa shape index (κ1) is 23.2. The van der Waals surface area contributed by atoms with E-state index in [0.29, 0.717) is 47.7 Å². The summed E-state index contributed by atoms with van der Waals surface area (Å²) in [6.45, 7) is 11.4. The van der Waals surface area contributed by atoms with Gasteiger partial charge in [0.1, 0.15) is 0 Å². The second kappa shape index (κ2) is 8.13. The minimum absolute atomic E-state index is 0.0128. The van der Waals surface area contributed by atoms with Gasteiger partial charge < -0.3 is 10.2 Å². The number of rotatable bonds is 5. The van der Waals surface area contributed by atoms with Crippen molar-refractivity contribution in [2.24, 2.45) is 52.3 Å². The van der Waals surface area contributed by atoms with Gasteiger partial charge in [-0.2, -0.15) is 0 Å². The van der Waals surface area contributed by atoms with E-state index in [2.05, 4.69) is 52.8 Å². The normalized spacial score (nSPS) is 46.6. The summed E-state index contributed by atoms with van der Waals surface area (Å²) in [7, 11) is 0. The van der Waals surface area contributed by atoms with Crippen LogP contribution >= 0.6 is 0 Å². The second-order valence-electron chi connectivity index (χ2n) is 12.2. The molecule has 4 aliphatic rings. The van der Waals surface area contributed by atoms with Crippen molar-refractivity contribution in [3.05, 3.63) is 24.3 Å². The molecule has 4 aliphatic carbocycles. The van der Waals surface area contributed by atoms with Crippen LogP contribution in [0.3, 0.4) is 0 Å². The predicted octanol–water partition coefficient (Wildman–Crippen LogP) is 5.56. The summed E-state index contributed by atoms with van der Waals surface area (Å²) in [5, 5.41) is 22.4. The summed E-state index contributed by atoms with van der Waals surface area (Å²) in [4.78, 5) is 12.0. The molecular weight excluding hydrogens is 384 g/mol. The summed E-state index contributed by atoms with van der Waals surface area (Å²) in [6.07, 6.45) is 15.4. The maximum Gasteiger partial charge on any atom is 0.155 e. The van der Waals surface area contributed by atoms with Gasteiger partial charge in [0.25, 0.3) is 0 Å². The summed E-state index contributed by atoms with van der Waals surface area (Å²) in [6, 6.07) is 0. The average Bonchev–Trinajstić information content (AvgIpc) is 3.00. The minimum Gasteiger partial charge on any atom is -0.396 e. The number of carbonyl (C=O) groups is 1. The van der Waals surface area contributed by atoms with Crippen molar-refractivity contribution in [1.29, 1.82) is 0 Å². The molecule has 31 heavy (non-hydrogen) atoms. The fourth-order valence-electron chi connectivity index (χ4n) is 8.20. The first-order valence-electron chi connectivity index (χ1n) is 12.8. The van der Waals surface area contributed by atoms with Gasteiger partial charge >= 0.3 is 0 Å². The molecule has 0 aromatic rings. The molecule has 3 fully saturated rings. The number of allylic oxidation sites excluding steroid dienone is 3. The molecule has 0 bridgehead atoms. The molecule has 0 saturated heterocycles. The number of aliphatic hydroxyl groups is 2. The van der Waals surface area contributed by atoms with Crippen molar-refractivity contribution < 1.29 is 15.0 Å².